The van der Waals surface area contributed by atoms with E-state index in [1.165, 1.54) is 7.11 Å². The van der Waals surface area contributed by atoms with E-state index in [0.29, 0.717) is 22.2 Å². The summed E-state index contributed by atoms with van der Waals surface area (Å²) < 4.78 is 10.1. The number of nitrogens with one attached hydrogen (secondary N) is 2. The number of aromatic nitrogens is 2. The van der Waals surface area contributed by atoms with Gasteiger partial charge in [-0.05, 0) is 56.3 Å². The van der Waals surface area contributed by atoms with Crippen LogP contribution in [0.5, 0.6) is 5.75 Å². The number of imidazole rings is 1. The summed E-state index contributed by atoms with van der Waals surface area (Å²) in [5, 5.41) is 2.46. The highest BCUT2D eigenvalue weighted by molar-refractivity contribution is 6.10. The Kier molecular flexibility index (Phi) is 4.88. The van der Waals surface area contributed by atoms with E-state index >= 15 is 0 Å². The summed E-state index contributed by atoms with van der Waals surface area (Å²) in [5.74, 6) is 0.866. The van der Waals surface area contributed by atoms with Crippen molar-refractivity contribution >= 4 is 28.9 Å². The monoisotopic (exact) mass is 353 g/mol. The van der Waals surface area contributed by atoms with Gasteiger partial charge < -0.3 is 14.5 Å². The Morgan fingerprint density at radius 3 is 2.42 bits per heavy atom. The highest BCUT2D eigenvalue weighted by atomic mass is 16.5. The molecule has 1 amide bonds. The molecule has 2 N–H and O–H groups in total. The first-order valence-corrected chi connectivity index (χ1v) is 8.12. The van der Waals surface area contributed by atoms with E-state index in [-0.39, 0.29) is 17.8 Å². The second-order valence-electron chi connectivity index (χ2n) is 5.95. The second-order valence-corrected chi connectivity index (χ2v) is 5.95. The van der Waals surface area contributed by atoms with Crippen LogP contribution in [-0.2, 0) is 4.74 Å². The van der Waals surface area contributed by atoms with Crippen molar-refractivity contribution in [2.45, 2.75) is 20.0 Å². The van der Waals surface area contributed by atoms with Crippen molar-refractivity contribution in [3.63, 3.8) is 0 Å². The van der Waals surface area contributed by atoms with Gasteiger partial charge >= 0.3 is 6.09 Å². The van der Waals surface area contributed by atoms with Crippen LogP contribution in [0.15, 0.2) is 42.5 Å². The number of fused-ring (bicyclic) bond motifs is 1. The van der Waals surface area contributed by atoms with Gasteiger partial charge in [0, 0.05) is 11.1 Å². The number of amides is 1. The maximum Gasteiger partial charge on any atom is 0.413 e. The van der Waals surface area contributed by atoms with Crippen LogP contribution < -0.4 is 10.1 Å². The molecule has 0 aliphatic rings. The maximum atomic E-state index is 12.7. The summed E-state index contributed by atoms with van der Waals surface area (Å²) in [6, 6.07) is 12.2. The third-order valence-electron chi connectivity index (χ3n) is 3.64. The number of ketones is 1. The van der Waals surface area contributed by atoms with Gasteiger partial charge in [-0.25, -0.2) is 9.78 Å². The second kappa shape index (κ2) is 7.26. The van der Waals surface area contributed by atoms with Gasteiger partial charge in [-0.15, -0.1) is 0 Å². The smallest absolute Gasteiger partial charge is 0.413 e. The number of benzene rings is 2. The molecule has 7 heteroatoms. The molecule has 0 fully saturated rings. The lowest BCUT2D eigenvalue weighted by Crippen LogP contribution is -2.11. The predicted octanol–water partition coefficient (Wildman–Crippen LogP) is 3.76. The topological polar surface area (TPSA) is 93.3 Å². The average Bonchev–Trinajstić information content (AvgIpc) is 3.02. The zero-order valence-electron chi connectivity index (χ0n) is 14.7. The molecule has 0 radical (unpaired) electrons. The van der Waals surface area contributed by atoms with Gasteiger partial charge in [0.25, 0.3) is 0 Å². The number of carbonyl (C=O) groups excluding carboxylic acids is 2. The van der Waals surface area contributed by atoms with Crippen LogP contribution in [0.25, 0.3) is 11.0 Å². The first-order valence-electron chi connectivity index (χ1n) is 8.12. The Labute approximate surface area is 150 Å². The summed E-state index contributed by atoms with van der Waals surface area (Å²) >= 11 is 0. The van der Waals surface area contributed by atoms with Crippen molar-refractivity contribution in [3.05, 3.63) is 53.6 Å². The van der Waals surface area contributed by atoms with Crippen molar-refractivity contribution in [1.82, 2.24) is 9.97 Å². The van der Waals surface area contributed by atoms with Gasteiger partial charge in [0.2, 0.25) is 5.95 Å². The number of methoxy groups -OCH3 is 1. The molecule has 0 bridgehead atoms. The van der Waals surface area contributed by atoms with E-state index < -0.39 is 6.09 Å². The van der Waals surface area contributed by atoms with E-state index in [2.05, 4.69) is 20.0 Å². The van der Waals surface area contributed by atoms with Crippen LogP contribution >= 0.6 is 0 Å². The van der Waals surface area contributed by atoms with Gasteiger partial charge in [-0.1, -0.05) is 0 Å². The number of anilines is 1. The van der Waals surface area contributed by atoms with Crippen molar-refractivity contribution in [1.29, 1.82) is 0 Å². The van der Waals surface area contributed by atoms with Gasteiger partial charge in [0.15, 0.2) is 5.78 Å². The van der Waals surface area contributed by atoms with E-state index in [1.807, 2.05) is 13.8 Å². The van der Waals surface area contributed by atoms with Gasteiger partial charge in [0.05, 0.1) is 24.2 Å². The van der Waals surface area contributed by atoms with Crippen LogP contribution in [-0.4, -0.2) is 35.1 Å². The van der Waals surface area contributed by atoms with Crippen molar-refractivity contribution in [3.8, 4) is 5.75 Å². The fourth-order valence-corrected chi connectivity index (χ4v) is 2.48. The molecule has 0 spiro atoms. The lowest BCUT2D eigenvalue weighted by Gasteiger charge is -2.09. The van der Waals surface area contributed by atoms with Crippen LogP contribution in [0, 0.1) is 0 Å². The number of hydrogen-bond donors (Lipinski definition) is 2. The fraction of sp³-hybridized carbons (Fsp3) is 0.211. The van der Waals surface area contributed by atoms with Crippen LogP contribution in [0.3, 0.4) is 0 Å². The van der Waals surface area contributed by atoms with Crippen LogP contribution in [0.4, 0.5) is 10.7 Å². The largest absolute Gasteiger partial charge is 0.491 e. The van der Waals surface area contributed by atoms with E-state index in [1.54, 1.807) is 42.5 Å². The van der Waals surface area contributed by atoms with Crippen molar-refractivity contribution in [2.75, 3.05) is 12.4 Å². The molecule has 3 rings (SSSR count). The molecule has 0 unspecified atom stereocenters. The molecule has 26 heavy (non-hydrogen) atoms. The van der Waals surface area contributed by atoms with E-state index in [4.69, 9.17) is 4.74 Å². The number of nitrogens with zero attached hydrogens (tertiary/aromatic N) is 1. The molecule has 0 aliphatic carbocycles. The van der Waals surface area contributed by atoms with E-state index in [9.17, 15) is 9.59 Å². The molecule has 0 saturated heterocycles. The van der Waals surface area contributed by atoms with Crippen LogP contribution in [0.1, 0.15) is 29.8 Å². The van der Waals surface area contributed by atoms with Crippen LogP contribution in [0.2, 0.25) is 0 Å². The predicted molar refractivity (Wildman–Crippen MR) is 97.8 cm³/mol. The molecular weight excluding hydrogens is 334 g/mol. The highest BCUT2D eigenvalue weighted by Gasteiger charge is 2.13. The minimum absolute atomic E-state index is 0.0760. The molecule has 134 valence electrons. The zero-order chi connectivity index (χ0) is 18.7. The Bertz CT molecular complexity index is 945. The Morgan fingerprint density at radius 1 is 1.08 bits per heavy atom. The SMILES string of the molecule is COC(=O)Nc1nc2ccc(C(=O)c3ccc(OC(C)C)cc3)cc2[nH]1. The lowest BCUT2D eigenvalue weighted by molar-refractivity contribution is 0.103. The number of aromatic amines is 1. The molecule has 1 heterocycles. The first-order chi connectivity index (χ1) is 12.5. The summed E-state index contributed by atoms with van der Waals surface area (Å²) in [4.78, 5) is 31.1. The Morgan fingerprint density at radius 2 is 1.77 bits per heavy atom. The normalized spacial score (nSPS) is 10.8. The Hall–Kier alpha value is -3.35. The zero-order valence-corrected chi connectivity index (χ0v) is 14.7. The summed E-state index contributed by atoms with van der Waals surface area (Å²) in [6.07, 6.45) is -0.545. The molecule has 0 aliphatic heterocycles. The number of carbonyl (C=O) groups is 2. The number of H-pyrrole nitrogens is 1. The minimum atomic E-state index is -0.621. The van der Waals surface area contributed by atoms with Crippen molar-refractivity contribution in [2.24, 2.45) is 0 Å². The average molecular weight is 353 g/mol. The third kappa shape index (κ3) is 3.83. The highest BCUT2D eigenvalue weighted by Crippen LogP contribution is 2.20. The lowest BCUT2D eigenvalue weighted by atomic mass is 10.0. The maximum absolute atomic E-state index is 12.7. The number of ether oxygens (including phenoxy) is 2. The van der Waals surface area contributed by atoms with Crippen molar-refractivity contribution < 1.29 is 19.1 Å². The molecule has 0 atom stereocenters. The van der Waals surface area contributed by atoms with Gasteiger partial charge in [-0.2, -0.15) is 0 Å². The summed E-state index contributed by atoms with van der Waals surface area (Å²) in [5.41, 5.74) is 2.35. The first kappa shape index (κ1) is 17.5. The molecular formula is C19H19N3O4. The molecule has 1 aromatic heterocycles. The fourth-order valence-electron chi connectivity index (χ4n) is 2.48. The van der Waals surface area contributed by atoms with Gasteiger partial charge in [-0.3, -0.25) is 10.1 Å². The molecule has 0 saturated carbocycles. The molecule has 7 nitrogen and oxygen atoms in total. The molecule has 3 aromatic rings. The third-order valence-corrected chi connectivity index (χ3v) is 3.64. The number of rotatable bonds is 5. The minimum Gasteiger partial charge on any atom is -0.491 e. The molecule has 2 aromatic carbocycles. The van der Waals surface area contributed by atoms with E-state index in [0.717, 1.165) is 5.75 Å². The summed E-state index contributed by atoms with van der Waals surface area (Å²) in [6.45, 7) is 3.89. The van der Waals surface area contributed by atoms with Gasteiger partial charge in [0.1, 0.15) is 5.75 Å². The standard InChI is InChI=1S/C19H19N3O4/c1-11(2)26-14-7-4-12(5-8-14)17(23)13-6-9-15-16(10-13)21-18(20-15)22-19(24)25-3/h4-11H,1-3H3,(H2,20,21,22,24). The number of hydrogen-bond acceptors (Lipinski definition) is 5. The summed E-state index contributed by atoms with van der Waals surface area (Å²) in [7, 11) is 1.27. The quantitative estimate of drug-likeness (QED) is 0.681. The Balaban J connectivity index is 1.82.